The monoisotopic (exact) mass is 236 g/mol. The molecule has 0 N–H and O–H groups in total. The van der Waals surface area contributed by atoms with Crippen molar-refractivity contribution in [3.05, 3.63) is 27.7 Å². The van der Waals surface area contributed by atoms with E-state index in [1.165, 1.54) is 10.8 Å². The van der Waals surface area contributed by atoms with Crippen molar-refractivity contribution in [2.24, 2.45) is 7.05 Å². The Morgan fingerprint density at radius 2 is 2.24 bits per heavy atom. The fraction of sp³-hybridized carbons (Fsp3) is 0.400. The number of hydrogen-bond acceptors (Lipinski definition) is 4. The van der Waals surface area contributed by atoms with Gasteiger partial charge in [0.1, 0.15) is 6.20 Å². The third kappa shape index (κ3) is 2.03. The second kappa shape index (κ2) is 4.00. The van der Waals surface area contributed by atoms with Gasteiger partial charge in [-0.2, -0.15) is 0 Å². The Bertz CT molecular complexity index is 518. The van der Waals surface area contributed by atoms with Crippen molar-refractivity contribution in [2.75, 3.05) is 13.6 Å². The number of likely N-dealkylation sites (N-methyl/N-ethyl adjacent to an activating group) is 1. The molecule has 1 aliphatic heterocycles. The number of carbonyl (C=O) groups excluding carboxylic acids is 1. The normalized spacial score (nSPS) is 18.1. The Hall–Kier alpha value is -2.18. The minimum atomic E-state index is -0.551. The summed E-state index contributed by atoms with van der Waals surface area (Å²) in [5.41, 5.74) is 0.635. The number of aryl methyl sites for hydroxylation is 1. The Labute approximate surface area is 97.5 Å². The van der Waals surface area contributed by atoms with Crippen molar-refractivity contribution in [1.29, 1.82) is 0 Å². The predicted octanol–water partition coefficient (Wildman–Crippen LogP) is 0.574. The topological polar surface area (TPSA) is 81.3 Å². The molecule has 1 fully saturated rings. The van der Waals surface area contributed by atoms with Crippen LogP contribution in [0, 0.1) is 10.1 Å². The first kappa shape index (κ1) is 11.3. The van der Waals surface area contributed by atoms with Crippen molar-refractivity contribution in [1.82, 2.24) is 14.5 Å². The van der Waals surface area contributed by atoms with Crippen LogP contribution in [0.1, 0.15) is 12.2 Å². The molecule has 0 radical (unpaired) electrons. The third-order valence-corrected chi connectivity index (χ3v) is 2.73. The Balaban J connectivity index is 2.33. The van der Waals surface area contributed by atoms with Gasteiger partial charge in [0, 0.05) is 32.3 Å². The fourth-order valence-electron chi connectivity index (χ4n) is 1.72. The fourth-order valence-corrected chi connectivity index (χ4v) is 1.72. The van der Waals surface area contributed by atoms with Gasteiger partial charge in [0.2, 0.25) is 11.7 Å². The molecule has 2 heterocycles. The molecule has 0 saturated carbocycles. The number of nitro groups is 1. The first-order chi connectivity index (χ1) is 7.99. The summed E-state index contributed by atoms with van der Waals surface area (Å²) in [6.07, 6.45) is 3.59. The number of nitrogens with zero attached hydrogens (tertiary/aromatic N) is 4. The quantitative estimate of drug-likeness (QED) is 0.427. The highest BCUT2D eigenvalue weighted by Gasteiger charge is 2.24. The molecule has 1 aromatic heterocycles. The molecule has 0 aromatic carbocycles. The predicted molar refractivity (Wildman–Crippen MR) is 60.1 cm³/mol. The molecule has 17 heavy (non-hydrogen) atoms. The summed E-state index contributed by atoms with van der Waals surface area (Å²) in [5, 5.41) is 10.6. The average Bonchev–Trinajstić information content (AvgIpc) is 2.77. The molecule has 0 unspecified atom stereocenters. The van der Waals surface area contributed by atoms with Crippen LogP contribution in [0.5, 0.6) is 0 Å². The van der Waals surface area contributed by atoms with Gasteiger partial charge in [-0.1, -0.05) is 0 Å². The Morgan fingerprint density at radius 1 is 1.53 bits per heavy atom. The smallest absolute Gasteiger partial charge is 0.358 e. The van der Waals surface area contributed by atoms with E-state index in [-0.39, 0.29) is 11.7 Å². The lowest BCUT2D eigenvalue weighted by atomic mass is 10.2. The first-order valence-electron chi connectivity index (χ1n) is 5.13. The number of rotatable bonds is 2. The molecule has 1 saturated heterocycles. The van der Waals surface area contributed by atoms with E-state index >= 15 is 0 Å². The van der Waals surface area contributed by atoms with Gasteiger partial charge in [0.15, 0.2) is 0 Å². The van der Waals surface area contributed by atoms with E-state index in [1.807, 2.05) is 0 Å². The lowest BCUT2D eigenvalue weighted by Crippen LogP contribution is -2.19. The highest BCUT2D eigenvalue weighted by atomic mass is 16.6. The maximum Gasteiger partial charge on any atom is 0.382 e. The molecule has 0 aliphatic carbocycles. The van der Waals surface area contributed by atoms with Gasteiger partial charge in [-0.15, -0.1) is 0 Å². The Morgan fingerprint density at radius 3 is 2.71 bits per heavy atom. The summed E-state index contributed by atoms with van der Waals surface area (Å²) in [6, 6.07) is 0. The van der Waals surface area contributed by atoms with Gasteiger partial charge in [0.25, 0.3) is 0 Å². The van der Waals surface area contributed by atoms with Crippen molar-refractivity contribution < 1.29 is 9.72 Å². The lowest BCUT2D eigenvalue weighted by Gasteiger charge is -2.03. The summed E-state index contributed by atoms with van der Waals surface area (Å²) < 4.78 is 1.54. The van der Waals surface area contributed by atoms with Crippen LogP contribution in [0.25, 0.3) is 6.08 Å². The van der Waals surface area contributed by atoms with E-state index in [1.54, 1.807) is 25.1 Å². The summed E-state index contributed by atoms with van der Waals surface area (Å²) in [4.78, 5) is 27.1. The maximum absolute atomic E-state index is 11.6. The van der Waals surface area contributed by atoms with Crippen LogP contribution >= 0.6 is 0 Å². The molecule has 0 bridgehead atoms. The molecule has 90 valence electrons. The van der Waals surface area contributed by atoms with Gasteiger partial charge in [-0.25, -0.2) is 0 Å². The molecule has 1 aliphatic rings. The van der Waals surface area contributed by atoms with Crippen molar-refractivity contribution >= 4 is 17.8 Å². The number of imidazole rings is 1. The third-order valence-electron chi connectivity index (χ3n) is 2.73. The molecule has 7 heteroatoms. The molecule has 2 rings (SSSR count). The van der Waals surface area contributed by atoms with E-state index in [4.69, 9.17) is 0 Å². The van der Waals surface area contributed by atoms with Crippen LogP contribution in [0.4, 0.5) is 5.82 Å². The average molecular weight is 236 g/mol. The summed E-state index contributed by atoms with van der Waals surface area (Å²) in [6.45, 7) is 0.678. The minimum Gasteiger partial charge on any atom is -0.358 e. The summed E-state index contributed by atoms with van der Waals surface area (Å²) in [5.74, 6) is 0.171. The zero-order valence-electron chi connectivity index (χ0n) is 9.58. The molecule has 1 amide bonds. The van der Waals surface area contributed by atoms with Crippen LogP contribution < -0.4 is 0 Å². The number of carbonyl (C=O) groups is 1. The van der Waals surface area contributed by atoms with Gasteiger partial charge < -0.3 is 19.6 Å². The molecular formula is C10H12N4O3. The van der Waals surface area contributed by atoms with E-state index in [0.717, 1.165) is 0 Å². The largest absolute Gasteiger partial charge is 0.382 e. The number of likely N-dealkylation sites (tertiary alicyclic amines) is 1. The van der Waals surface area contributed by atoms with Gasteiger partial charge in [-0.3, -0.25) is 4.79 Å². The van der Waals surface area contributed by atoms with Crippen LogP contribution in [-0.4, -0.2) is 38.9 Å². The van der Waals surface area contributed by atoms with Crippen LogP contribution in [0.2, 0.25) is 0 Å². The molecule has 1 aromatic rings. The van der Waals surface area contributed by atoms with Gasteiger partial charge in [0.05, 0.1) is 0 Å². The molecule has 0 atom stereocenters. The van der Waals surface area contributed by atoms with Crippen LogP contribution in [-0.2, 0) is 11.8 Å². The minimum absolute atomic E-state index is 0.0457. The lowest BCUT2D eigenvalue weighted by molar-refractivity contribution is -0.389. The highest BCUT2D eigenvalue weighted by Crippen LogP contribution is 2.19. The van der Waals surface area contributed by atoms with E-state index < -0.39 is 4.92 Å². The zero-order chi connectivity index (χ0) is 12.6. The van der Waals surface area contributed by atoms with Crippen molar-refractivity contribution in [3.8, 4) is 0 Å². The first-order valence-corrected chi connectivity index (χ1v) is 5.13. The number of hydrogen-bond donors (Lipinski definition) is 0. The van der Waals surface area contributed by atoms with Gasteiger partial charge in [-0.05, 0) is 16.3 Å². The van der Waals surface area contributed by atoms with Crippen molar-refractivity contribution in [3.63, 3.8) is 0 Å². The van der Waals surface area contributed by atoms with E-state index in [2.05, 4.69) is 4.98 Å². The van der Waals surface area contributed by atoms with Crippen LogP contribution in [0.15, 0.2) is 11.8 Å². The SMILES string of the molecule is CN1CC/C(=C\c2nc([N+](=O)[O-])cn2C)C1=O. The highest BCUT2D eigenvalue weighted by molar-refractivity contribution is 5.99. The molecule has 0 spiro atoms. The number of aromatic nitrogens is 2. The number of amides is 1. The summed E-state index contributed by atoms with van der Waals surface area (Å²) >= 11 is 0. The second-order valence-corrected chi connectivity index (χ2v) is 3.97. The van der Waals surface area contributed by atoms with E-state index in [9.17, 15) is 14.9 Å². The van der Waals surface area contributed by atoms with Crippen LogP contribution in [0.3, 0.4) is 0 Å². The van der Waals surface area contributed by atoms with Gasteiger partial charge >= 0.3 is 5.82 Å². The van der Waals surface area contributed by atoms with E-state index in [0.29, 0.717) is 24.4 Å². The second-order valence-electron chi connectivity index (χ2n) is 3.97. The van der Waals surface area contributed by atoms with Crippen molar-refractivity contribution in [2.45, 2.75) is 6.42 Å². The summed E-state index contributed by atoms with van der Waals surface area (Å²) in [7, 11) is 3.39. The molecule has 7 nitrogen and oxygen atoms in total. The standard InChI is InChI=1S/C10H12N4O3/c1-12-4-3-7(10(12)15)5-8-11-9(14(16)17)6-13(8)2/h5-6H,3-4H2,1-2H3/b7-5+. The Kier molecular flexibility index (Phi) is 2.66. The zero-order valence-corrected chi connectivity index (χ0v) is 9.58. The molecular weight excluding hydrogens is 224 g/mol. The maximum atomic E-state index is 11.6.